The molecule has 0 aromatic heterocycles. The Bertz CT molecular complexity index is 1110. The summed E-state index contributed by atoms with van der Waals surface area (Å²) in [5.74, 6) is 0.628. The number of halogens is 2. The summed E-state index contributed by atoms with van der Waals surface area (Å²) >= 11 is 6.97. The molecule has 2 aliphatic heterocycles. The molecule has 5 rings (SSSR count). The minimum atomic E-state index is -0.795. The number of Topliss-reactive ketones (excluding diaryl/α,β-unsaturated/α-hetero) is 1. The van der Waals surface area contributed by atoms with Gasteiger partial charge in [0.05, 0.1) is 11.8 Å². The van der Waals surface area contributed by atoms with Gasteiger partial charge in [-0.2, -0.15) is 5.10 Å². The molecule has 2 heterocycles. The molecule has 29 heavy (non-hydrogen) atoms. The molecule has 2 atom stereocenters. The third-order valence-corrected chi connectivity index (χ3v) is 6.23. The first-order chi connectivity index (χ1) is 14.1. The van der Waals surface area contributed by atoms with Crippen LogP contribution >= 0.6 is 31.9 Å². The fourth-order valence-corrected chi connectivity index (χ4v) is 4.44. The van der Waals surface area contributed by atoms with Crippen molar-refractivity contribution in [3.05, 3.63) is 98.4 Å². The van der Waals surface area contributed by atoms with Gasteiger partial charge >= 0.3 is 0 Å². The summed E-state index contributed by atoms with van der Waals surface area (Å²) in [4.78, 5) is 13.3. The lowest BCUT2D eigenvalue weighted by Crippen LogP contribution is -2.45. The molecule has 2 aliphatic rings. The standard InChI is InChI=1S/C23H16Br2N2O2/c24-16-8-6-15(7-9-16)22(28)23-27-20(18-12-17(25)10-11-21(18)29-23)13-19(26-27)14-4-2-1-3-5-14/h1-12,20,23H,13H2/t20-,23+/m0/s1. The average Bonchev–Trinajstić information content (AvgIpc) is 3.20. The lowest BCUT2D eigenvalue weighted by Gasteiger charge is -2.37. The van der Waals surface area contributed by atoms with E-state index < -0.39 is 6.23 Å². The zero-order chi connectivity index (χ0) is 20.0. The Kier molecular flexibility index (Phi) is 4.76. The van der Waals surface area contributed by atoms with Gasteiger partial charge < -0.3 is 4.74 Å². The van der Waals surface area contributed by atoms with Gasteiger partial charge in [0.25, 0.3) is 6.23 Å². The van der Waals surface area contributed by atoms with Gasteiger partial charge in [0.15, 0.2) is 0 Å². The highest BCUT2D eigenvalue weighted by Crippen LogP contribution is 2.44. The lowest BCUT2D eigenvalue weighted by atomic mass is 9.96. The SMILES string of the molecule is O=C(c1ccc(Br)cc1)[C@H]1Oc2ccc(Br)cc2[C@@H]2CC(c3ccccc3)=NN12. The Morgan fingerprint density at radius 3 is 2.45 bits per heavy atom. The van der Waals surface area contributed by atoms with E-state index in [9.17, 15) is 4.79 Å². The van der Waals surface area contributed by atoms with Gasteiger partial charge in [0, 0.05) is 26.5 Å². The van der Waals surface area contributed by atoms with Crippen LogP contribution in [-0.2, 0) is 0 Å². The second-order valence-electron chi connectivity index (χ2n) is 7.04. The van der Waals surface area contributed by atoms with Crippen molar-refractivity contribution < 1.29 is 9.53 Å². The van der Waals surface area contributed by atoms with Crippen molar-refractivity contribution in [2.45, 2.75) is 18.7 Å². The summed E-state index contributed by atoms with van der Waals surface area (Å²) in [6.45, 7) is 0. The van der Waals surface area contributed by atoms with E-state index in [1.165, 1.54) is 0 Å². The molecule has 3 aromatic rings. The average molecular weight is 512 g/mol. The van der Waals surface area contributed by atoms with Crippen LogP contribution in [0.4, 0.5) is 0 Å². The number of ether oxygens (including phenoxy) is 1. The molecule has 0 aliphatic carbocycles. The number of carbonyl (C=O) groups is 1. The van der Waals surface area contributed by atoms with E-state index in [0.29, 0.717) is 5.56 Å². The summed E-state index contributed by atoms with van der Waals surface area (Å²) in [7, 11) is 0. The second-order valence-corrected chi connectivity index (χ2v) is 8.87. The highest BCUT2D eigenvalue weighted by Gasteiger charge is 2.43. The van der Waals surface area contributed by atoms with Crippen LogP contribution in [0.1, 0.15) is 33.9 Å². The molecule has 0 fully saturated rings. The van der Waals surface area contributed by atoms with Crippen LogP contribution in [0.25, 0.3) is 0 Å². The number of ketones is 1. The molecule has 0 N–H and O–H groups in total. The van der Waals surface area contributed by atoms with Crippen LogP contribution in [0.5, 0.6) is 5.75 Å². The normalized spacial score (nSPS) is 19.8. The monoisotopic (exact) mass is 510 g/mol. The topological polar surface area (TPSA) is 41.9 Å². The predicted molar refractivity (Wildman–Crippen MR) is 119 cm³/mol. The van der Waals surface area contributed by atoms with Gasteiger partial charge in [-0.3, -0.25) is 4.79 Å². The molecule has 0 saturated heterocycles. The number of nitrogens with zero attached hydrogens (tertiary/aromatic N) is 2. The Balaban J connectivity index is 1.57. The first-order valence-electron chi connectivity index (χ1n) is 9.27. The molecule has 0 saturated carbocycles. The smallest absolute Gasteiger partial charge is 0.251 e. The minimum absolute atomic E-state index is 0.0455. The van der Waals surface area contributed by atoms with Crippen molar-refractivity contribution >= 4 is 43.4 Å². The third kappa shape index (κ3) is 3.40. The van der Waals surface area contributed by atoms with Crippen LogP contribution < -0.4 is 4.74 Å². The van der Waals surface area contributed by atoms with Gasteiger partial charge in [-0.05, 0) is 35.9 Å². The van der Waals surface area contributed by atoms with E-state index in [-0.39, 0.29) is 11.8 Å². The van der Waals surface area contributed by atoms with Crippen molar-refractivity contribution in [1.82, 2.24) is 5.01 Å². The molecule has 0 radical (unpaired) electrons. The summed E-state index contributed by atoms with van der Waals surface area (Å²) in [6.07, 6.45) is -0.0722. The predicted octanol–water partition coefficient (Wildman–Crippen LogP) is 5.96. The van der Waals surface area contributed by atoms with Crippen LogP contribution in [0.2, 0.25) is 0 Å². The molecule has 0 spiro atoms. The molecule has 6 heteroatoms. The Morgan fingerprint density at radius 1 is 0.966 bits per heavy atom. The van der Waals surface area contributed by atoms with Gasteiger partial charge in [0.2, 0.25) is 5.78 Å². The molecular formula is C23H16Br2N2O2. The number of benzene rings is 3. The zero-order valence-corrected chi connectivity index (χ0v) is 18.4. The van der Waals surface area contributed by atoms with Crippen LogP contribution in [0, 0.1) is 0 Å². The van der Waals surface area contributed by atoms with E-state index >= 15 is 0 Å². The van der Waals surface area contributed by atoms with E-state index in [1.54, 1.807) is 12.1 Å². The number of rotatable bonds is 3. The minimum Gasteiger partial charge on any atom is -0.461 e. The largest absolute Gasteiger partial charge is 0.461 e. The second kappa shape index (κ2) is 7.43. The fraction of sp³-hybridized carbons (Fsp3) is 0.130. The maximum Gasteiger partial charge on any atom is 0.251 e. The Labute approximate surface area is 185 Å². The van der Waals surface area contributed by atoms with E-state index in [0.717, 1.165) is 38.0 Å². The number of fused-ring (bicyclic) bond motifs is 3. The highest BCUT2D eigenvalue weighted by molar-refractivity contribution is 9.10. The van der Waals surface area contributed by atoms with Crippen molar-refractivity contribution in [2.24, 2.45) is 5.10 Å². The maximum absolute atomic E-state index is 13.3. The molecule has 0 bridgehead atoms. The van der Waals surface area contributed by atoms with Crippen LogP contribution in [-0.4, -0.2) is 22.7 Å². The van der Waals surface area contributed by atoms with Crippen molar-refractivity contribution in [3.8, 4) is 5.75 Å². The Hall–Kier alpha value is -2.44. The molecule has 0 amide bonds. The summed E-state index contributed by atoms with van der Waals surface area (Å²) in [6, 6.07) is 23.3. The fourth-order valence-electron chi connectivity index (χ4n) is 3.79. The van der Waals surface area contributed by atoms with Crippen molar-refractivity contribution in [3.63, 3.8) is 0 Å². The summed E-state index contributed by atoms with van der Waals surface area (Å²) < 4.78 is 8.07. The van der Waals surface area contributed by atoms with Gasteiger partial charge in [-0.1, -0.05) is 74.3 Å². The summed E-state index contributed by atoms with van der Waals surface area (Å²) in [5, 5.41) is 6.65. The van der Waals surface area contributed by atoms with E-state index in [1.807, 2.05) is 59.6 Å². The number of hydrazone groups is 1. The van der Waals surface area contributed by atoms with Crippen molar-refractivity contribution in [2.75, 3.05) is 0 Å². The molecule has 3 aromatic carbocycles. The van der Waals surface area contributed by atoms with E-state index in [4.69, 9.17) is 9.84 Å². The maximum atomic E-state index is 13.3. The van der Waals surface area contributed by atoms with Crippen LogP contribution in [0.3, 0.4) is 0 Å². The van der Waals surface area contributed by atoms with Gasteiger partial charge in [-0.15, -0.1) is 0 Å². The number of hydrogen-bond acceptors (Lipinski definition) is 4. The molecule has 144 valence electrons. The molecular weight excluding hydrogens is 496 g/mol. The number of hydrogen-bond donors (Lipinski definition) is 0. The third-order valence-electron chi connectivity index (χ3n) is 5.21. The first kappa shape index (κ1) is 18.6. The van der Waals surface area contributed by atoms with Crippen molar-refractivity contribution in [1.29, 1.82) is 0 Å². The highest BCUT2D eigenvalue weighted by atomic mass is 79.9. The number of carbonyl (C=O) groups excluding carboxylic acids is 1. The molecule has 0 unspecified atom stereocenters. The first-order valence-corrected chi connectivity index (χ1v) is 10.9. The van der Waals surface area contributed by atoms with Crippen LogP contribution in [0.15, 0.2) is 86.8 Å². The molecule has 4 nitrogen and oxygen atoms in total. The lowest BCUT2D eigenvalue weighted by molar-refractivity contribution is -0.00459. The van der Waals surface area contributed by atoms with Gasteiger partial charge in [-0.25, -0.2) is 5.01 Å². The van der Waals surface area contributed by atoms with E-state index in [2.05, 4.69) is 37.9 Å². The Morgan fingerprint density at radius 2 is 1.69 bits per heavy atom. The van der Waals surface area contributed by atoms with Gasteiger partial charge in [0.1, 0.15) is 5.75 Å². The summed E-state index contributed by atoms with van der Waals surface area (Å²) in [5.41, 5.74) is 3.66. The zero-order valence-electron chi connectivity index (χ0n) is 15.3. The quantitative estimate of drug-likeness (QED) is 0.407.